The molecule has 152 valence electrons. The van der Waals surface area contributed by atoms with Crippen LogP contribution in [0.15, 0.2) is 29.6 Å². The molecule has 0 aromatic carbocycles. The van der Waals surface area contributed by atoms with Crippen molar-refractivity contribution < 1.29 is 0 Å². The van der Waals surface area contributed by atoms with E-state index in [1.807, 2.05) is 6.20 Å². The van der Waals surface area contributed by atoms with Crippen molar-refractivity contribution in [2.24, 2.45) is 0 Å². The van der Waals surface area contributed by atoms with E-state index < -0.39 is 0 Å². The monoisotopic (exact) mass is 399 g/mol. The van der Waals surface area contributed by atoms with Crippen LogP contribution >= 0.6 is 11.9 Å². The van der Waals surface area contributed by atoms with Crippen LogP contribution < -0.4 is 10.0 Å². The molecule has 0 amide bonds. The summed E-state index contributed by atoms with van der Waals surface area (Å²) in [6, 6.07) is 2.23. The molecular formula is C22H33N5S. The van der Waals surface area contributed by atoms with Gasteiger partial charge in [-0.1, -0.05) is 41.2 Å². The summed E-state index contributed by atoms with van der Waals surface area (Å²) < 4.78 is 5.50. The largest absolute Gasteiger partial charge is 0.340 e. The van der Waals surface area contributed by atoms with Gasteiger partial charge in [-0.05, 0) is 61.1 Å². The van der Waals surface area contributed by atoms with Gasteiger partial charge >= 0.3 is 0 Å². The van der Waals surface area contributed by atoms with Gasteiger partial charge in [0.2, 0.25) is 0 Å². The molecule has 0 fully saturated rings. The number of anilines is 1. The van der Waals surface area contributed by atoms with Crippen LogP contribution in [0.25, 0.3) is 0 Å². The molecule has 0 unspecified atom stereocenters. The lowest BCUT2D eigenvalue weighted by atomic mass is 9.95. The average Bonchev–Trinajstić information content (AvgIpc) is 3.09. The van der Waals surface area contributed by atoms with Crippen molar-refractivity contribution in [3.05, 3.63) is 47.3 Å². The summed E-state index contributed by atoms with van der Waals surface area (Å²) in [4.78, 5) is 6.09. The summed E-state index contributed by atoms with van der Waals surface area (Å²) in [5.74, 6) is 1.53. The van der Waals surface area contributed by atoms with Crippen molar-refractivity contribution in [1.82, 2.24) is 19.5 Å². The predicted octanol–water partition coefficient (Wildman–Crippen LogP) is 5.60. The molecule has 2 aromatic rings. The third-order valence-corrected chi connectivity index (χ3v) is 6.08. The van der Waals surface area contributed by atoms with Crippen LogP contribution in [0.4, 0.5) is 5.69 Å². The van der Waals surface area contributed by atoms with Gasteiger partial charge in [-0.15, -0.1) is 0 Å². The highest BCUT2D eigenvalue weighted by molar-refractivity contribution is 7.97. The van der Waals surface area contributed by atoms with Crippen LogP contribution in [-0.2, 0) is 19.4 Å². The van der Waals surface area contributed by atoms with Gasteiger partial charge in [0.1, 0.15) is 5.82 Å². The lowest BCUT2D eigenvalue weighted by Crippen LogP contribution is -2.17. The van der Waals surface area contributed by atoms with Crippen molar-refractivity contribution in [2.45, 2.75) is 83.6 Å². The molecule has 2 aromatic heterocycles. The molecule has 0 saturated heterocycles. The van der Waals surface area contributed by atoms with E-state index >= 15 is 0 Å². The molecule has 3 rings (SSSR count). The Morgan fingerprint density at radius 1 is 1.25 bits per heavy atom. The lowest BCUT2D eigenvalue weighted by Gasteiger charge is -2.22. The first-order chi connectivity index (χ1) is 13.4. The van der Waals surface area contributed by atoms with Crippen LogP contribution in [-0.4, -0.2) is 14.8 Å². The molecule has 28 heavy (non-hydrogen) atoms. The average molecular weight is 400 g/mol. The Kier molecular flexibility index (Phi) is 6.70. The Morgan fingerprint density at radius 3 is 2.71 bits per heavy atom. The second-order valence-corrected chi connectivity index (χ2v) is 8.92. The normalized spacial score (nSPS) is 13.7. The summed E-state index contributed by atoms with van der Waals surface area (Å²) in [5.41, 5.74) is 5.98. The molecule has 1 aliphatic heterocycles. The first kappa shape index (κ1) is 20.8. The summed E-state index contributed by atoms with van der Waals surface area (Å²) in [6.45, 7) is 16.2. The van der Waals surface area contributed by atoms with Crippen LogP contribution in [0.1, 0.15) is 81.9 Å². The maximum Gasteiger partial charge on any atom is 0.106 e. The van der Waals surface area contributed by atoms with Crippen molar-refractivity contribution in [3.8, 4) is 0 Å². The highest BCUT2D eigenvalue weighted by atomic mass is 32.2. The second-order valence-electron chi connectivity index (χ2n) is 8.07. The van der Waals surface area contributed by atoms with Crippen LogP contribution in [0.3, 0.4) is 0 Å². The van der Waals surface area contributed by atoms with Crippen molar-refractivity contribution in [1.29, 1.82) is 0 Å². The molecule has 0 atom stereocenters. The highest BCUT2D eigenvalue weighted by Gasteiger charge is 2.19. The fourth-order valence-corrected chi connectivity index (χ4v) is 4.31. The zero-order chi connectivity index (χ0) is 20.3. The van der Waals surface area contributed by atoms with Crippen molar-refractivity contribution >= 4 is 17.6 Å². The zero-order valence-corrected chi connectivity index (χ0v) is 18.6. The van der Waals surface area contributed by atoms with E-state index in [2.05, 4.69) is 67.1 Å². The number of fused-ring (bicyclic) bond motifs is 1. The molecule has 0 bridgehead atoms. The van der Waals surface area contributed by atoms with Gasteiger partial charge in [0.25, 0.3) is 0 Å². The minimum absolute atomic E-state index is 0.342. The molecule has 6 heteroatoms. The van der Waals surface area contributed by atoms with Crippen molar-refractivity contribution in [2.75, 3.05) is 5.32 Å². The van der Waals surface area contributed by atoms with E-state index in [9.17, 15) is 0 Å². The zero-order valence-electron chi connectivity index (χ0n) is 17.8. The SMILES string of the molecule is C=C(NSc1cnn2c1CCCC2)Nc1c(C(C)C)cc(CC)nc1C(C)C. The summed E-state index contributed by atoms with van der Waals surface area (Å²) >= 11 is 1.59. The van der Waals surface area contributed by atoms with Crippen LogP contribution in [0.2, 0.25) is 0 Å². The number of aromatic nitrogens is 3. The van der Waals surface area contributed by atoms with Crippen LogP contribution in [0, 0.1) is 0 Å². The molecule has 2 N–H and O–H groups in total. The van der Waals surface area contributed by atoms with E-state index in [0.29, 0.717) is 11.8 Å². The first-order valence-corrected chi connectivity index (χ1v) is 11.2. The fraction of sp³-hybridized carbons (Fsp3) is 0.545. The number of aryl methyl sites for hydroxylation is 2. The Labute approximate surface area is 173 Å². The number of nitrogens with zero attached hydrogens (tertiary/aromatic N) is 3. The number of rotatable bonds is 8. The van der Waals surface area contributed by atoms with E-state index in [1.54, 1.807) is 11.9 Å². The minimum Gasteiger partial charge on any atom is -0.340 e. The Morgan fingerprint density at radius 2 is 2.04 bits per heavy atom. The number of pyridine rings is 1. The van der Waals surface area contributed by atoms with Gasteiger partial charge in [-0.25, -0.2) is 0 Å². The Bertz CT molecular complexity index is 808. The molecule has 3 heterocycles. The summed E-state index contributed by atoms with van der Waals surface area (Å²) in [7, 11) is 0. The molecule has 0 spiro atoms. The van der Waals surface area contributed by atoms with Gasteiger partial charge < -0.3 is 10.0 Å². The minimum atomic E-state index is 0.342. The fourth-order valence-electron chi connectivity index (χ4n) is 3.60. The van der Waals surface area contributed by atoms with E-state index in [0.717, 1.165) is 42.3 Å². The topological polar surface area (TPSA) is 54.8 Å². The van der Waals surface area contributed by atoms with Gasteiger partial charge in [-0.2, -0.15) is 5.10 Å². The summed E-state index contributed by atoms with van der Waals surface area (Å²) in [6.07, 6.45) is 6.46. The molecule has 0 radical (unpaired) electrons. The van der Waals surface area contributed by atoms with Gasteiger partial charge in [0.05, 0.1) is 28.2 Å². The van der Waals surface area contributed by atoms with Gasteiger partial charge in [0, 0.05) is 12.2 Å². The standard InChI is InChI=1S/C22H33N5S/c1-7-17-12-18(14(2)3)22(21(25-17)15(4)5)24-16(6)26-28-20-13-23-27-11-9-8-10-19(20)27/h12-15,24,26H,6-11H2,1-5H3. The van der Waals surface area contributed by atoms with E-state index in [-0.39, 0.29) is 0 Å². The highest BCUT2D eigenvalue weighted by Crippen LogP contribution is 2.33. The molecule has 0 aliphatic carbocycles. The first-order valence-electron chi connectivity index (χ1n) is 10.4. The number of hydrogen-bond donors (Lipinski definition) is 2. The third kappa shape index (κ3) is 4.54. The quantitative estimate of drug-likeness (QED) is 0.566. The molecule has 5 nitrogen and oxygen atoms in total. The second kappa shape index (κ2) is 9.03. The summed E-state index contributed by atoms with van der Waals surface area (Å²) in [5, 5.41) is 8.03. The van der Waals surface area contributed by atoms with Crippen LogP contribution in [0.5, 0.6) is 0 Å². The maximum absolute atomic E-state index is 4.90. The lowest BCUT2D eigenvalue weighted by molar-refractivity contribution is 0.482. The van der Waals surface area contributed by atoms with E-state index in [1.165, 1.54) is 29.0 Å². The van der Waals surface area contributed by atoms with E-state index in [4.69, 9.17) is 4.98 Å². The maximum atomic E-state index is 4.90. The molecule has 0 saturated carbocycles. The third-order valence-electron chi connectivity index (χ3n) is 5.17. The van der Waals surface area contributed by atoms with Gasteiger partial charge in [0.15, 0.2) is 0 Å². The van der Waals surface area contributed by atoms with Gasteiger partial charge in [-0.3, -0.25) is 9.67 Å². The number of nitrogens with one attached hydrogen (secondary N) is 2. The number of hydrogen-bond acceptors (Lipinski definition) is 5. The molecular weight excluding hydrogens is 366 g/mol. The Balaban J connectivity index is 1.77. The predicted molar refractivity (Wildman–Crippen MR) is 119 cm³/mol. The molecule has 1 aliphatic rings. The smallest absolute Gasteiger partial charge is 0.106 e. The van der Waals surface area contributed by atoms with Crippen molar-refractivity contribution in [3.63, 3.8) is 0 Å². The Hall–Kier alpha value is -1.95.